The number of anilines is 1. The molecule has 0 aliphatic heterocycles. The van der Waals surface area contributed by atoms with Crippen LogP contribution in [0.5, 0.6) is 0 Å². The molecule has 4 N–H and O–H groups in total. The molecule has 0 bridgehead atoms. The van der Waals surface area contributed by atoms with Crippen LogP contribution < -0.4 is 11.0 Å². The van der Waals surface area contributed by atoms with E-state index in [1.807, 2.05) is 24.3 Å². The molecule has 1 aromatic carbocycles. The van der Waals surface area contributed by atoms with Gasteiger partial charge in [0.15, 0.2) is 0 Å². The summed E-state index contributed by atoms with van der Waals surface area (Å²) in [6.45, 7) is 2.20. The van der Waals surface area contributed by atoms with Crippen molar-refractivity contribution in [3.63, 3.8) is 0 Å². The Morgan fingerprint density at radius 1 is 1.58 bits per heavy atom. The van der Waals surface area contributed by atoms with Crippen molar-refractivity contribution in [2.45, 2.75) is 13.4 Å². The largest absolute Gasteiger partial charge is 0.433 e. The Balaban J connectivity index is 2.72. The SMILES string of the molecule is CB(O)Nc1cccc(CN)c1. The molecule has 12 heavy (non-hydrogen) atoms. The molecule has 0 aliphatic carbocycles. The molecular weight excluding hydrogens is 151 g/mol. The third-order valence-corrected chi connectivity index (χ3v) is 1.54. The number of hydrogen-bond donors (Lipinski definition) is 3. The zero-order chi connectivity index (χ0) is 8.97. The van der Waals surface area contributed by atoms with Gasteiger partial charge < -0.3 is 16.0 Å². The van der Waals surface area contributed by atoms with E-state index in [-0.39, 0.29) is 0 Å². The first kappa shape index (κ1) is 9.10. The Morgan fingerprint density at radius 2 is 2.33 bits per heavy atom. The number of hydrogen-bond acceptors (Lipinski definition) is 3. The quantitative estimate of drug-likeness (QED) is 0.575. The molecule has 1 rings (SSSR count). The first-order valence-corrected chi connectivity index (χ1v) is 3.96. The predicted octanol–water partition coefficient (Wildman–Crippen LogP) is 0.667. The van der Waals surface area contributed by atoms with Gasteiger partial charge >= 0.3 is 7.05 Å². The van der Waals surface area contributed by atoms with E-state index in [0.29, 0.717) is 6.54 Å². The maximum Gasteiger partial charge on any atom is 0.406 e. The molecular formula is C8H13BN2O. The summed E-state index contributed by atoms with van der Waals surface area (Å²) in [7, 11) is -0.530. The van der Waals surface area contributed by atoms with E-state index in [1.54, 1.807) is 6.82 Å². The lowest BCUT2D eigenvalue weighted by Crippen LogP contribution is -2.19. The van der Waals surface area contributed by atoms with Gasteiger partial charge in [0.05, 0.1) is 0 Å². The van der Waals surface area contributed by atoms with E-state index in [9.17, 15) is 0 Å². The van der Waals surface area contributed by atoms with Crippen molar-refractivity contribution in [1.82, 2.24) is 0 Å². The second-order valence-corrected chi connectivity index (χ2v) is 2.72. The van der Waals surface area contributed by atoms with Crippen molar-refractivity contribution in [3.8, 4) is 0 Å². The topological polar surface area (TPSA) is 58.3 Å². The first-order chi connectivity index (χ1) is 5.72. The predicted molar refractivity (Wildman–Crippen MR) is 51.8 cm³/mol. The monoisotopic (exact) mass is 164 g/mol. The Bertz CT molecular complexity index is 253. The first-order valence-electron chi connectivity index (χ1n) is 3.96. The minimum Gasteiger partial charge on any atom is -0.433 e. The lowest BCUT2D eigenvalue weighted by Gasteiger charge is -2.06. The van der Waals surface area contributed by atoms with Crippen molar-refractivity contribution in [2.75, 3.05) is 5.23 Å². The van der Waals surface area contributed by atoms with Crippen molar-refractivity contribution >= 4 is 12.7 Å². The van der Waals surface area contributed by atoms with E-state index in [4.69, 9.17) is 10.8 Å². The van der Waals surface area contributed by atoms with Crippen molar-refractivity contribution < 1.29 is 5.02 Å². The van der Waals surface area contributed by atoms with Gasteiger partial charge in [0.1, 0.15) is 0 Å². The summed E-state index contributed by atoms with van der Waals surface area (Å²) in [5.41, 5.74) is 7.41. The molecule has 0 atom stereocenters. The Kier molecular flexibility index (Phi) is 3.14. The van der Waals surface area contributed by atoms with Gasteiger partial charge in [0.2, 0.25) is 0 Å². The lowest BCUT2D eigenvalue weighted by atomic mass is 9.88. The van der Waals surface area contributed by atoms with E-state index in [2.05, 4.69) is 5.23 Å². The molecule has 0 heterocycles. The molecule has 0 amide bonds. The fraction of sp³-hybridized carbons (Fsp3) is 0.250. The minimum absolute atomic E-state index is 0.523. The van der Waals surface area contributed by atoms with Gasteiger partial charge in [-0.05, 0) is 24.5 Å². The zero-order valence-electron chi connectivity index (χ0n) is 7.12. The van der Waals surface area contributed by atoms with E-state index in [1.165, 1.54) is 0 Å². The summed E-state index contributed by atoms with van der Waals surface area (Å²) in [4.78, 5) is 0. The maximum atomic E-state index is 9.03. The second kappa shape index (κ2) is 4.14. The molecule has 0 unspecified atom stereocenters. The van der Waals surface area contributed by atoms with Crippen LogP contribution in [-0.4, -0.2) is 12.1 Å². The summed E-state index contributed by atoms with van der Waals surface area (Å²) < 4.78 is 0. The maximum absolute atomic E-state index is 9.03. The van der Waals surface area contributed by atoms with Crippen LogP contribution in [0.3, 0.4) is 0 Å². The van der Waals surface area contributed by atoms with Crippen LogP contribution in [0.1, 0.15) is 5.56 Å². The molecule has 0 saturated heterocycles. The molecule has 0 spiro atoms. The number of benzene rings is 1. The highest BCUT2D eigenvalue weighted by Crippen LogP contribution is 2.09. The lowest BCUT2D eigenvalue weighted by molar-refractivity contribution is 0.587. The number of nitrogens with one attached hydrogen (secondary N) is 1. The fourth-order valence-electron chi connectivity index (χ4n) is 1.03. The van der Waals surface area contributed by atoms with Crippen LogP contribution in [0.25, 0.3) is 0 Å². The average molecular weight is 164 g/mol. The molecule has 64 valence electrons. The number of rotatable bonds is 3. The van der Waals surface area contributed by atoms with Crippen molar-refractivity contribution in [2.24, 2.45) is 5.73 Å². The third-order valence-electron chi connectivity index (χ3n) is 1.54. The van der Waals surface area contributed by atoms with Gasteiger partial charge in [-0.1, -0.05) is 12.1 Å². The highest BCUT2D eigenvalue weighted by molar-refractivity contribution is 6.52. The average Bonchev–Trinajstić information content (AvgIpc) is 2.03. The molecule has 3 nitrogen and oxygen atoms in total. The highest BCUT2D eigenvalue weighted by Gasteiger charge is 2.01. The van der Waals surface area contributed by atoms with E-state index < -0.39 is 7.05 Å². The summed E-state index contributed by atoms with van der Waals surface area (Å²) in [5.74, 6) is 0. The van der Waals surface area contributed by atoms with E-state index in [0.717, 1.165) is 11.3 Å². The van der Waals surface area contributed by atoms with Gasteiger partial charge in [-0.3, -0.25) is 0 Å². The standard InChI is InChI=1S/C8H13BN2O/c1-9(12)11-8-4-2-3-7(5-8)6-10/h2-5,11-12H,6,10H2,1H3. The second-order valence-electron chi connectivity index (χ2n) is 2.72. The minimum atomic E-state index is -0.530. The zero-order valence-corrected chi connectivity index (χ0v) is 7.12. The summed E-state index contributed by atoms with van der Waals surface area (Å²) >= 11 is 0. The Hall–Kier alpha value is -0.995. The smallest absolute Gasteiger partial charge is 0.406 e. The van der Waals surface area contributed by atoms with Gasteiger partial charge in [-0.25, -0.2) is 0 Å². The normalized spacial score (nSPS) is 9.58. The summed E-state index contributed by atoms with van der Waals surface area (Å²) in [5, 5.41) is 11.9. The van der Waals surface area contributed by atoms with Crippen LogP contribution in [0.2, 0.25) is 6.82 Å². The van der Waals surface area contributed by atoms with Gasteiger partial charge in [-0.15, -0.1) is 0 Å². The summed E-state index contributed by atoms with van der Waals surface area (Å²) in [6, 6.07) is 7.68. The van der Waals surface area contributed by atoms with Crippen LogP contribution >= 0.6 is 0 Å². The molecule has 0 aliphatic rings. The summed E-state index contributed by atoms with van der Waals surface area (Å²) in [6.07, 6.45) is 0. The van der Waals surface area contributed by atoms with Crippen LogP contribution in [-0.2, 0) is 6.54 Å². The van der Waals surface area contributed by atoms with Crippen LogP contribution in [0, 0.1) is 0 Å². The molecule has 0 saturated carbocycles. The van der Waals surface area contributed by atoms with Crippen LogP contribution in [0.4, 0.5) is 5.69 Å². The highest BCUT2D eigenvalue weighted by atomic mass is 16.2. The van der Waals surface area contributed by atoms with E-state index >= 15 is 0 Å². The van der Waals surface area contributed by atoms with Gasteiger partial charge in [0.25, 0.3) is 0 Å². The van der Waals surface area contributed by atoms with Gasteiger partial charge in [-0.2, -0.15) is 0 Å². The van der Waals surface area contributed by atoms with Crippen molar-refractivity contribution in [3.05, 3.63) is 29.8 Å². The van der Waals surface area contributed by atoms with Gasteiger partial charge in [0, 0.05) is 12.2 Å². The Labute approximate surface area is 72.7 Å². The molecule has 1 aromatic rings. The molecule has 0 radical (unpaired) electrons. The molecule has 0 fully saturated rings. The third kappa shape index (κ3) is 2.56. The van der Waals surface area contributed by atoms with Crippen LogP contribution in [0.15, 0.2) is 24.3 Å². The fourth-order valence-corrected chi connectivity index (χ4v) is 1.03. The number of nitrogens with two attached hydrogens (primary N) is 1. The molecule has 0 aromatic heterocycles. The Morgan fingerprint density at radius 3 is 2.92 bits per heavy atom. The van der Waals surface area contributed by atoms with Crippen molar-refractivity contribution in [1.29, 1.82) is 0 Å². The molecule has 4 heteroatoms.